The highest BCUT2D eigenvalue weighted by atomic mass is 16.1. The van der Waals surface area contributed by atoms with Gasteiger partial charge in [0.1, 0.15) is 5.82 Å². The molecule has 4 rings (SSSR count). The first-order chi connectivity index (χ1) is 16.0. The molecule has 174 valence electrons. The van der Waals surface area contributed by atoms with Crippen molar-refractivity contribution in [1.29, 1.82) is 0 Å². The second kappa shape index (κ2) is 10.6. The van der Waals surface area contributed by atoms with Crippen molar-refractivity contribution in [3.8, 4) is 0 Å². The van der Waals surface area contributed by atoms with Gasteiger partial charge in [0.2, 0.25) is 5.95 Å². The van der Waals surface area contributed by atoms with Crippen LogP contribution in [0.2, 0.25) is 0 Å². The molecule has 1 fully saturated rings. The van der Waals surface area contributed by atoms with Crippen LogP contribution in [0, 0.1) is 5.92 Å². The first-order valence-corrected chi connectivity index (χ1v) is 12.1. The molecule has 0 unspecified atom stereocenters. The molecule has 1 heterocycles. The molecule has 0 atom stereocenters. The molecule has 33 heavy (non-hydrogen) atoms. The van der Waals surface area contributed by atoms with Crippen molar-refractivity contribution in [3.05, 3.63) is 59.7 Å². The predicted molar refractivity (Wildman–Crippen MR) is 136 cm³/mol. The summed E-state index contributed by atoms with van der Waals surface area (Å²) in [6.07, 6.45) is 6.45. The molecule has 0 bridgehead atoms. The van der Waals surface area contributed by atoms with E-state index in [2.05, 4.69) is 35.8 Å². The van der Waals surface area contributed by atoms with Gasteiger partial charge in [-0.2, -0.15) is 4.98 Å². The van der Waals surface area contributed by atoms with Gasteiger partial charge in [-0.25, -0.2) is 4.98 Å². The molecule has 0 spiro atoms. The van der Waals surface area contributed by atoms with Crippen molar-refractivity contribution in [1.82, 2.24) is 15.3 Å². The summed E-state index contributed by atoms with van der Waals surface area (Å²) in [6.45, 7) is 2.90. The molecule has 0 radical (unpaired) electrons. The first-order valence-electron chi connectivity index (χ1n) is 12.1. The van der Waals surface area contributed by atoms with Gasteiger partial charge in [0.15, 0.2) is 0 Å². The van der Waals surface area contributed by atoms with Gasteiger partial charge in [-0.1, -0.05) is 37.6 Å². The molecule has 6 nitrogen and oxygen atoms in total. The van der Waals surface area contributed by atoms with Crippen LogP contribution in [0.3, 0.4) is 0 Å². The standard InChI is InChI=1S/C27H35N5O/c1-4-7-19-10-14-21(15-11-19)26(33)28-18-20-12-16-22(17-13-20)29-27-30-24-9-6-5-8-23(24)25(31-27)32(2)3/h5-6,8-11,14-15,20,22H,4,7,12-13,16-18H2,1-3H3,(H,28,33)(H,29,30,31)/t20-,22+. The van der Waals surface area contributed by atoms with Gasteiger partial charge < -0.3 is 15.5 Å². The fourth-order valence-electron chi connectivity index (χ4n) is 4.61. The van der Waals surface area contributed by atoms with E-state index in [9.17, 15) is 4.79 Å². The summed E-state index contributed by atoms with van der Waals surface area (Å²) in [6, 6.07) is 16.5. The lowest BCUT2D eigenvalue weighted by Gasteiger charge is -2.29. The summed E-state index contributed by atoms with van der Waals surface area (Å²) in [7, 11) is 4.02. The van der Waals surface area contributed by atoms with Crippen LogP contribution >= 0.6 is 0 Å². The lowest BCUT2D eigenvalue weighted by Crippen LogP contribution is -2.34. The number of nitrogens with zero attached hydrogens (tertiary/aromatic N) is 3. The van der Waals surface area contributed by atoms with Crippen LogP contribution in [-0.4, -0.2) is 42.6 Å². The highest BCUT2D eigenvalue weighted by Crippen LogP contribution is 2.28. The highest BCUT2D eigenvalue weighted by Gasteiger charge is 2.23. The summed E-state index contributed by atoms with van der Waals surface area (Å²) in [4.78, 5) is 24.1. The number of carbonyl (C=O) groups excluding carboxylic acids is 1. The van der Waals surface area contributed by atoms with Crippen molar-refractivity contribution in [2.45, 2.75) is 51.5 Å². The number of rotatable bonds is 8. The van der Waals surface area contributed by atoms with Gasteiger partial charge >= 0.3 is 0 Å². The van der Waals surface area contributed by atoms with E-state index in [1.807, 2.05) is 49.3 Å². The Morgan fingerprint density at radius 2 is 1.73 bits per heavy atom. The minimum absolute atomic E-state index is 0.0269. The number of benzene rings is 2. The Bertz CT molecular complexity index is 1070. The average molecular weight is 446 g/mol. The Morgan fingerprint density at radius 1 is 1.00 bits per heavy atom. The number of para-hydroxylation sites is 1. The summed E-state index contributed by atoms with van der Waals surface area (Å²) in [5.41, 5.74) is 2.99. The molecule has 1 aliphatic carbocycles. The van der Waals surface area contributed by atoms with Gasteiger partial charge in [-0.05, 0) is 67.9 Å². The maximum atomic E-state index is 12.5. The SMILES string of the molecule is CCCc1ccc(C(=O)NC[C@H]2CC[C@@H](Nc3nc(N(C)C)c4ccccc4n3)CC2)cc1. The zero-order valence-electron chi connectivity index (χ0n) is 20.0. The normalized spacial score (nSPS) is 18.2. The van der Waals surface area contributed by atoms with Crippen LogP contribution in [0.5, 0.6) is 0 Å². The minimum atomic E-state index is 0.0269. The zero-order valence-corrected chi connectivity index (χ0v) is 20.0. The van der Waals surface area contributed by atoms with Crippen LogP contribution in [-0.2, 0) is 6.42 Å². The number of carbonyl (C=O) groups is 1. The Kier molecular flexibility index (Phi) is 7.43. The molecule has 0 aliphatic heterocycles. The van der Waals surface area contributed by atoms with Crippen LogP contribution in [0.25, 0.3) is 10.9 Å². The van der Waals surface area contributed by atoms with E-state index in [4.69, 9.17) is 9.97 Å². The molecule has 1 aliphatic rings. The number of anilines is 2. The van der Waals surface area contributed by atoms with E-state index < -0.39 is 0 Å². The number of fused-ring (bicyclic) bond motifs is 1. The van der Waals surface area contributed by atoms with Gasteiger partial charge in [0.25, 0.3) is 5.91 Å². The number of hydrogen-bond acceptors (Lipinski definition) is 5. The van der Waals surface area contributed by atoms with Crippen molar-refractivity contribution in [2.24, 2.45) is 5.92 Å². The van der Waals surface area contributed by atoms with Gasteiger partial charge in [-0.15, -0.1) is 0 Å². The Morgan fingerprint density at radius 3 is 2.42 bits per heavy atom. The fourth-order valence-corrected chi connectivity index (χ4v) is 4.61. The van der Waals surface area contributed by atoms with Crippen molar-refractivity contribution >= 4 is 28.6 Å². The fraction of sp³-hybridized carbons (Fsp3) is 0.444. The second-order valence-corrected chi connectivity index (χ2v) is 9.30. The lowest BCUT2D eigenvalue weighted by molar-refractivity contribution is 0.0943. The predicted octanol–water partition coefficient (Wildman–Crippen LogP) is 5.05. The van der Waals surface area contributed by atoms with E-state index >= 15 is 0 Å². The van der Waals surface area contributed by atoms with Crippen LogP contribution in [0.15, 0.2) is 48.5 Å². The number of aryl methyl sites for hydroxylation is 1. The van der Waals surface area contributed by atoms with E-state index in [1.54, 1.807) is 0 Å². The average Bonchev–Trinajstić information content (AvgIpc) is 2.83. The first kappa shape index (κ1) is 23.0. The van der Waals surface area contributed by atoms with E-state index in [1.165, 1.54) is 5.56 Å². The van der Waals surface area contributed by atoms with Crippen LogP contribution < -0.4 is 15.5 Å². The second-order valence-electron chi connectivity index (χ2n) is 9.30. The molecule has 3 aromatic rings. The molecular weight excluding hydrogens is 410 g/mol. The quantitative estimate of drug-likeness (QED) is 0.508. The molecule has 1 saturated carbocycles. The number of hydrogen-bond donors (Lipinski definition) is 2. The number of aromatic nitrogens is 2. The van der Waals surface area contributed by atoms with Gasteiger partial charge in [0.05, 0.1) is 5.52 Å². The topological polar surface area (TPSA) is 70.2 Å². The summed E-state index contributed by atoms with van der Waals surface area (Å²) < 4.78 is 0. The van der Waals surface area contributed by atoms with Crippen molar-refractivity contribution in [3.63, 3.8) is 0 Å². The van der Waals surface area contributed by atoms with E-state index in [-0.39, 0.29) is 5.91 Å². The Labute approximate surface area is 196 Å². The third-order valence-corrected chi connectivity index (χ3v) is 6.49. The lowest BCUT2D eigenvalue weighted by atomic mass is 9.86. The van der Waals surface area contributed by atoms with Gasteiger partial charge in [-0.3, -0.25) is 4.79 Å². The van der Waals surface area contributed by atoms with Crippen LogP contribution in [0.1, 0.15) is 54.9 Å². The molecular formula is C27H35N5O. The molecule has 1 amide bonds. The van der Waals surface area contributed by atoms with Crippen LogP contribution in [0.4, 0.5) is 11.8 Å². The maximum Gasteiger partial charge on any atom is 0.251 e. The number of amides is 1. The molecule has 2 aromatic carbocycles. The molecule has 2 N–H and O–H groups in total. The summed E-state index contributed by atoms with van der Waals surface area (Å²) in [5.74, 6) is 2.17. The smallest absolute Gasteiger partial charge is 0.251 e. The Balaban J connectivity index is 1.28. The summed E-state index contributed by atoms with van der Waals surface area (Å²) >= 11 is 0. The van der Waals surface area contributed by atoms with E-state index in [0.717, 1.165) is 67.4 Å². The monoisotopic (exact) mass is 445 g/mol. The third kappa shape index (κ3) is 5.81. The largest absolute Gasteiger partial charge is 0.362 e. The summed E-state index contributed by atoms with van der Waals surface area (Å²) in [5, 5.41) is 7.76. The highest BCUT2D eigenvalue weighted by molar-refractivity contribution is 5.94. The van der Waals surface area contributed by atoms with Gasteiger partial charge in [0, 0.05) is 37.6 Å². The molecule has 6 heteroatoms. The zero-order chi connectivity index (χ0) is 23.2. The minimum Gasteiger partial charge on any atom is -0.362 e. The Hall–Kier alpha value is -3.15. The molecule has 1 aromatic heterocycles. The van der Waals surface area contributed by atoms with E-state index in [0.29, 0.717) is 17.9 Å². The number of nitrogens with one attached hydrogen (secondary N) is 2. The maximum absolute atomic E-state index is 12.5. The van der Waals surface area contributed by atoms with Crippen molar-refractivity contribution < 1.29 is 4.79 Å². The third-order valence-electron chi connectivity index (χ3n) is 6.49. The molecule has 0 saturated heterocycles. The van der Waals surface area contributed by atoms with Crippen molar-refractivity contribution in [2.75, 3.05) is 30.9 Å².